The van der Waals surface area contributed by atoms with Crippen molar-refractivity contribution in [1.29, 1.82) is 0 Å². The molecule has 0 aliphatic heterocycles. The lowest BCUT2D eigenvalue weighted by Gasteiger charge is -2.24. The van der Waals surface area contributed by atoms with Crippen LogP contribution in [0, 0.1) is 6.92 Å². The summed E-state index contributed by atoms with van der Waals surface area (Å²) in [6.45, 7) is 2.09. The van der Waals surface area contributed by atoms with Crippen molar-refractivity contribution in [2.75, 3.05) is 12.8 Å². The predicted octanol–water partition coefficient (Wildman–Crippen LogP) is 3.77. The fraction of sp³-hybridized carbons (Fsp3) is 0.400. The molecule has 0 radical (unpaired) electrons. The van der Waals surface area contributed by atoms with Gasteiger partial charge in [-0.3, -0.25) is 0 Å². The van der Waals surface area contributed by atoms with E-state index in [9.17, 15) is 0 Å². The van der Waals surface area contributed by atoms with E-state index in [1.165, 1.54) is 24.0 Å². The number of benzene rings is 1. The van der Waals surface area contributed by atoms with Crippen LogP contribution < -0.4 is 10.5 Å². The summed E-state index contributed by atoms with van der Waals surface area (Å²) < 4.78 is 10.5. The summed E-state index contributed by atoms with van der Waals surface area (Å²) >= 11 is 6.55. The third-order valence-corrected chi connectivity index (χ3v) is 4.38. The zero-order valence-corrected chi connectivity index (χ0v) is 12.4. The van der Waals surface area contributed by atoms with Gasteiger partial charge in [-0.1, -0.05) is 16.8 Å². The third-order valence-electron chi connectivity index (χ3n) is 3.98. The van der Waals surface area contributed by atoms with Gasteiger partial charge in [0, 0.05) is 6.07 Å². The van der Waals surface area contributed by atoms with Gasteiger partial charge in [-0.15, -0.1) is 0 Å². The van der Waals surface area contributed by atoms with Gasteiger partial charge in [0.15, 0.2) is 0 Å². The summed E-state index contributed by atoms with van der Waals surface area (Å²) in [6, 6.07) is 1.70. The second-order valence-electron chi connectivity index (χ2n) is 5.13. The molecule has 1 aliphatic carbocycles. The van der Waals surface area contributed by atoms with Crippen molar-refractivity contribution in [3.05, 3.63) is 27.8 Å². The number of hydrogen-bond donors (Lipinski definition) is 1. The fourth-order valence-electron chi connectivity index (χ4n) is 3.04. The fourth-order valence-corrected chi connectivity index (χ4v) is 3.42. The highest BCUT2D eigenvalue weighted by molar-refractivity contribution is 6.33. The zero-order chi connectivity index (χ0) is 14.3. The molecule has 4 nitrogen and oxygen atoms in total. The Morgan fingerprint density at radius 3 is 2.60 bits per heavy atom. The van der Waals surface area contributed by atoms with Crippen molar-refractivity contribution in [2.24, 2.45) is 0 Å². The largest absolute Gasteiger partial charge is 0.494 e. The van der Waals surface area contributed by atoms with Gasteiger partial charge in [-0.25, -0.2) is 0 Å². The Labute approximate surface area is 122 Å². The van der Waals surface area contributed by atoms with Crippen LogP contribution in [0.15, 0.2) is 10.6 Å². The maximum Gasteiger partial charge on any atom is 0.222 e. The number of hydrogen-bond acceptors (Lipinski definition) is 4. The summed E-state index contributed by atoms with van der Waals surface area (Å²) in [5, 5.41) is 4.71. The number of halogens is 1. The van der Waals surface area contributed by atoms with Gasteiger partial charge in [-0.2, -0.15) is 0 Å². The van der Waals surface area contributed by atoms with Crippen LogP contribution in [0.2, 0.25) is 5.02 Å². The summed E-state index contributed by atoms with van der Waals surface area (Å²) in [5.74, 6) is 0.952. The van der Waals surface area contributed by atoms with E-state index >= 15 is 0 Å². The van der Waals surface area contributed by atoms with Gasteiger partial charge in [0.25, 0.3) is 0 Å². The van der Waals surface area contributed by atoms with Crippen molar-refractivity contribution >= 4 is 17.5 Å². The summed E-state index contributed by atoms with van der Waals surface area (Å²) in [5.41, 5.74) is 10.9. The van der Waals surface area contributed by atoms with Crippen LogP contribution in [0.3, 0.4) is 0 Å². The number of rotatable bonds is 2. The molecule has 0 unspecified atom stereocenters. The van der Waals surface area contributed by atoms with Crippen molar-refractivity contribution in [2.45, 2.75) is 32.6 Å². The van der Waals surface area contributed by atoms with E-state index in [1.54, 1.807) is 13.2 Å². The van der Waals surface area contributed by atoms with E-state index in [4.69, 9.17) is 26.6 Å². The van der Waals surface area contributed by atoms with E-state index in [0.29, 0.717) is 16.5 Å². The monoisotopic (exact) mass is 292 g/mol. The Bertz CT molecular complexity index is 664. The van der Waals surface area contributed by atoms with Crippen LogP contribution in [0.4, 0.5) is 5.88 Å². The minimum Gasteiger partial charge on any atom is -0.494 e. The Kier molecular flexibility index (Phi) is 3.34. The summed E-state index contributed by atoms with van der Waals surface area (Å²) in [4.78, 5) is 0. The summed E-state index contributed by atoms with van der Waals surface area (Å²) in [7, 11) is 1.63. The lowest BCUT2D eigenvalue weighted by molar-refractivity contribution is 0.412. The molecule has 2 N–H and O–H groups in total. The van der Waals surface area contributed by atoms with E-state index in [0.717, 1.165) is 24.0 Å². The van der Waals surface area contributed by atoms with Crippen LogP contribution in [-0.2, 0) is 12.8 Å². The molecule has 0 spiro atoms. The molecule has 0 fully saturated rings. The molecule has 1 aromatic carbocycles. The number of nitrogens with two attached hydrogens (primary N) is 1. The lowest BCUT2D eigenvalue weighted by atomic mass is 9.85. The Morgan fingerprint density at radius 2 is 2.00 bits per heavy atom. The molecule has 0 amide bonds. The quantitative estimate of drug-likeness (QED) is 0.915. The topological polar surface area (TPSA) is 61.3 Å². The van der Waals surface area contributed by atoms with Gasteiger partial charge >= 0.3 is 0 Å². The molecule has 1 aromatic heterocycles. The van der Waals surface area contributed by atoms with Crippen molar-refractivity contribution in [3.63, 3.8) is 0 Å². The summed E-state index contributed by atoms with van der Waals surface area (Å²) in [6.07, 6.45) is 4.42. The molecule has 106 valence electrons. The van der Waals surface area contributed by atoms with Crippen molar-refractivity contribution < 1.29 is 9.26 Å². The van der Waals surface area contributed by atoms with Crippen LogP contribution in [0.25, 0.3) is 11.3 Å². The standard InChI is InChI=1S/C15H17ClN2O2/c1-8-9-5-3-4-6-10(9)14(16)15(19-2)13(8)11-7-12(17)20-18-11/h7H,3-6,17H2,1-2H3. The Hall–Kier alpha value is -1.68. The van der Waals surface area contributed by atoms with Gasteiger partial charge in [0.2, 0.25) is 5.88 Å². The number of anilines is 1. The molecule has 20 heavy (non-hydrogen) atoms. The molecule has 1 heterocycles. The van der Waals surface area contributed by atoms with Crippen LogP contribution in [0.5, 0.6) is 5.75 Å². The number of ether oxygens (including phenoxy) is 1. The number of nitrogens with zero attached hydrogens (tertiary/aromatic N) is 1. The number of fused-ring (bicyclic) bond motifs is 1. The van der Waals surface area contributed by atoms with E-state index in [2.05, 4.69) is 12.1 Å². The molecular weight excluding hydrogens is 276 g/mol. The number of aromatic nitrogens is 1. The van der Waals surface area contributed by atoms with E-state index < -0.39 is 0 Å². The Morgan fingerprint density at radius 1 is 1.30 bits per heavy atom. The van der Waals surface area contributed by atoms with E-state index in [-0.39, 0.29) is 5.88 Å². The van der Waals surface area contributed by atoms with Crippen LogP contribution in [-0.4, -0.2) is 12.3 Å². The van der Waals surface area contributed by atoms with Crippen molar-refractivity contribution in [1.82, 2.24) is 5.16 Å². The first-order valence-electron chi connectivity index (χ1n) is 6.73. The maximum atomic E-state index is 6.55. The highest BCUT2D eigenvalue weighted by Crippen LogP contribution is 2.45. The van der Waals surface area contributed by atoms with Crippen LogP contribution >= 0.6 is 11.6 Å². The maximum absolute atomic E-state index is 6.55. The molecule has 0 atom stereocenters. The predicted molar refractivity (Wildman–Crippen MR) is 79.3 cm³/mol. The number of methoxy groups -OCH3 is 1. The SMILES string of the molecule is COc1c(Cl)c2c(c(C)c1-c1cc(N)on1)CCCC2. The smallest absolute Gasteiger partial charge is 0.222 e. The Balaban J connectivity index is 2.30. The zero-order valence-electron chi connectivity index (χ0n) is 11.6. The first kappa shape index (κ1) is 13.3. The first-order chi connectivity index (χ1) is 9.63. The molecule has 0 saturated heterocycles. The number of nitrogen functional groups attached to an aromatic ring is 1. The molecule has 3 rings (SSSR count). The average Bonchev–Trinajstić information content (AvgIpc) is 2.88. The second kappa shape index (κ2) is 5.02. The van der Waals surface area contributed by atoms with Crippen molar-refractivity contribution in [3.8, 4) is 17.0 Å². The van der Waals surface area contributed by atoms with Gasteiger partial charge in [0.1, 0.15) is 11.4 Å². The molecule has 5 heteroatoms. The highest BCUT2D eigenvalue weighted by Gasteiger charge is 2.25. The molecular formula is C15H17ClN2O2. The van der Waals surface area contributed by atoms with Gasteiger partial charge in [0.05, 0.1) is 17.7 Å². The van der Waals surface area contributed by atoms with Gasteiger partial charge in [-0.05, 0) is 49.3 Å². The molecule has 1 aliphatic rings. The van der Waals surface area contributed by atoms with Crippen LogP contribution in [0.1, 0.15) is 29.5 Å². The minimum absolute atomic E-state index is 0.287. The lowest BCUT2D eigenvalue weighted by Crippen LogP contribution is -2.08. The second-order valence-corrected chi connectivity index (χ2v) is 5.50. The average molecular weight is 293 g/mol. The van der Waals surface area contributed by atoms with Gasteiger partial charge < -0.3 is 15.0 Å². The molecule has 2 aromatic rings. The third kappa shape index (κ3) is 1.95. The van der Waals surface area contributed by atoms with E-state index in [1.807, 2.05) is 0 Å². The first-order valence-corrected chi connectivity index (χ1v) is 7.11. The molecule has 0 saturated carbocycles. The highest BCUT2D eigenvalue weighted by atomic mass is 35.5. The normalized spacial score (nSPS) is 14.2. The minimum atomic E-state index is 0.287. The molecule has 0 bridgehead atoms.